The quantitative estimate of drug-likeness (QED) is 0.323. The van der Waals surface area contributed by atoms with Crippen LogP contribution in [0.3, 0.4) is 0 Å². The first-order chi connectivity index (χ1) is 12.7. The number of likely N-dealkylation sites (tertiary alicyclic amines) is 1. The Morgan fingerprint density at radius 1 is 1.26 bits per heavy atom. The number of thiophene rings is 1. The summed E-state index contributed by atoms with van der Waals surface area (Å²) in [6.07, 6.45) is 2.60. The number of nitrogens with one attached hydrogen (secondary N) is 2. The largest absolute Gasteiger partial charge is 0.354 e. The molecule has 3 rings (SSSR count). The molecular formula is C19H30IN5S2. The predicted molar refractivity (Wildman–Crippen MR) is 128 cm³/mol. The number of hydrogen-bond donors (Lipinski definition) is 2. The van der Waals surface area contributed by atoms with E-state index >= 15 is 0 Å². The second-order valence-corrected chi connectivity index (χ2v) is 8.78. The van der Waals surface area contributed by atoms with Crippen molar-refractivity contribution < 1.29 is 0 Å². The van der Waals surface area contributed by atoms with Crippen molar-refractivity contribution in [2.45, 2.75) is 45.2 Å². The molecule has 0 saturated carbocycles. The van der Waals surface area contributed by atoms with Gasteiger partial charge in [-0.3, -0.25) is 9.89 Å². The molecule has 2 aromatic rings. The van der Waals surface area contributed by atoms with E-state index in [1.54, 1.807) is 11.3 Å². The average Bonchev–Trinajstić information content (AvgIpc) is 3.40. The molecule has 2 aromatic heterocycles. The fraction of sp³-hybridized carbons (Fsp3) is 0.579. The SMILES string of the molecule is CN=C(NCc1csc(C(C)C)n1)NCC(c1cccs1)N1CCCC1.I. The molecule has 1 aliphatic heterocycles. The topological polar surface area (TPSA) is 52.6 Å². The molecule has 0 radical (unpaired) electrons. The maximum atomic E-state index is 4.68. The first kappa shape index (κ1) is 22.6. The highest BCUT2D eigenvalue weighted by atomic mass is 127. The van der Waals surface area contributed by atoms with E-state index in [-0.39, 0.29) is 24.0 Å². The van der Waals surface area contributed by atoms with Crippen molar-refractivity contribution in [3.8, 4) is 0 Å². The smallest absolute Gasteiger partial charge is 0.191 e. The van der Waals surface area contributed by atoms with Crippen molar-refractivity contribution in [1.82, 2.24) is 20.5 Å². The Kier molecular flexibility index (Phi) is 9.47. The number of hydrogen-bond acceptors (Lipinski definition) is 5. The Hall–Kier alpha value is -0.710. The molecule has 150 valence electrons. The van der Waals surface area contributed by atoms with Gasteiger partial charge in [0.15, 0.2) is 5.96 Å². The van der Waals surface area contributed by atoms with Gasteiger partial charge in [0.2, 0.25) is 0 Å². The monoisotopic (exact) mass is 519 g/mol. The molecule has 0 aromatic carbocycles. The zero-order valence-electron chi connectivity index (χ0n) is 16.3. The van der Waals surface area contributed by atoms with Crippen molar-refractivity contribution in [3.63, 3.8) is 0 Å². The second-order valence-electron chi connectivity index (χ2n) is 6.91. The molecule has 0 aliphatic carbocycles. The highest BCUT2D eigenvalue weighted by Gasteiger charge is 2.24. The van der Waals surface area contributed by atoms with Gasteiger partial charge in [-0.25, -0.2) is 4.98 Å². The van der Waals surface area contributed by atoms with Crippen LogP contribution in [0, 0.1) is 0 Å². The molecule has 0 bridgehead atoms. The summed E-state index contributed by atoms with van der Waals surface area (Å²) in [7, 11) is 1.83. The fourth-order valence-corrected chi connectivity index (χ4v) is 4.90. The van der Waals surface area contributed by atoms with Gasteiger partial charge in [0.25, 0.3) is 0 Å². The van der Waals surface area contributed by atoms with Crippen LogP contribution in [0.25, 0.3) is 0 Å². The number of thiazole rings is 1. The lowest BCUT2D eigenvalue weighted by atomic mass is 10.2. The first-order valence-electron chi connectivity index (χ1n) is 9.33. The molecule has 1 unspecified atom stereocenters. The van der Waals surface area contributed by atoms with Gasteiger partial charge in [-0.15, -0.1) is 46.7 Å². The Labute approximate surface area is 187 Å². The fourth-order valence-electron chi connectivity index (χ4n) is 3.20. The average molecular weight is 520 g/mol. The van der Waals surface area contributed by atoms with Crippen LogP contribution in [0.5, 0.6) is 0 Å². The van der Waals surface area contributed by atoms with Crippen LogP contribution in [0.4, 0.5) is 0 Å². The van der Waals surface area contributed by atoms with Gasteiger partial charge < -0.3 is 10.6 Å². The van der Waals surface area contributed by atoms with Crippen molar-refractivity contribution in [2.24, 2.45) is 4.99 Å². The number of halogens is 1. The normalized spacial score (nSPS) is 16.4. The summed E-state index contributed by atoms with van der Waals surface area (Å²) in [6, 6.07) is 4.81. The standard InChI is InChI=1S/C19H29N5S2.HI/c1-14(2)18-23-15(13-26-18)11-21-19(20-3)22-12-16(17-7-6-10-25-17)24-8-4-5-9-24;/h6-7,10,13-14,16H,4-5,8-9,11-12H2,1-3H3,(H2,20,21,22);1H. The number of aromatic nitrogens is 1. The van der Waals surface area contributed by atoms with E-state index in [4.69, 9.17) is 0 Å². The van der Waals surface area contributed by atoms with Gasteiger partial charge in [0.05, 0.1) is 23.3 Å². The van der Waals surface area contributed by atoms with Crippen LogP contribution in [0.15, 0.2) is 27.9 Å². The van der Waals surface area contributed by atoms with Gasteiger partial charge in [0, 0.05) is 29.8 Å². The Balaban J connectivity index is 0.00000261. The molecule has 2 N–H and O–H groups in total. The van der Waals surface area contributed by atoms with Crippen LogP contribution in [-0.4, -0.2) is 42.5 Å². The van der Waals surface area contributed by atoms with Crippen LogP contribution in [0.1, 0.15) is 54.2 Å². The highest BCUT2D eigenvalue weighted by Crippen LogP contribution is 2.27. The molecule has 8 heteroatoms. The molecular weight excluding hydrogens is 489 g/mol. The van der Waals surface area contributed by atoms with Crippen molar-refractivity contribution in [3.05, 3.63) is 38.5 Å². The third-order valence-electron chi connectivity index (χ3n) is 4.64. The van der Waals surface area contributed by atoms with Crippen molar-refractivity contribution in [1.29, 1.82) is 0 Å². The number of rotatable bonds is 7. The van der Waals surface area contributed by atoms with Crippen LogP contribution in [0.2, 0.25) is 0 Å². The molecule has 0 amide bonds. The summed E-state index contributed by atoms with van der Waals surface area (Å²) in [5.74, 6) is 1.32. The third kappa shape index (κ3) is 6.40. The molecule has 27 heavy (non-hydrogen) atoms. The predicted octanol–water partition coefficient (Wildman–Crippen LogP) is 4.45. The summed E-state index contributed by atoms with van der Waals surface area (Å²) in [5.41, 5.74) is 1.08. The van der Waals surface area contributed by atoms with Gasteiger partial charge in [-0.2, -0.15) is 0 Å². The molecule has 1 fully saturated rings. The third-order valence-corrected chi connectivity index (χ3v) is 6.81. The Morgan fingerprint density at radius 2 is 2.04 bits per heavy atom. The maximum Gasteiger partial charge on any atom is 0.191 e. The van der Waals surface area contributed by atoms with Crippen molar-refractivity contribution >= 4 is 52.6 Å². The van der Waals surface area contributed by atoms with E-state index in [9.17, 15) is 0 Å². The van der Waals surface area contributed by atoms with Gasteiger partial charge in [-0.1, -0.05) is 19.9 Å². The Morgan fingerprint density at radius 3 is 2.63 bits per heavy atom. The first-order valence-corrected chi connectivity index (χ1v) is 11.1. The van der Waals surface area contributed by atoms with Gasteiger partial charge in [-0.05, 0) is 37.4 Å². The van der Waals surface area contributed by atoms with E-state index in [1.165, 1.54) is 35.8 Å². The maximum absolute atomic E-state index is 4.68. The lowest BCUT2D eigenvalue weighted by Gasteiger charge is -2.27. The summed E-state index contributed by atoms with van der Waals surface area (Å²) in [4.78, 5) is 13.1. The molecule has 1 atom stereocenters. The molecule has 3 heterocycles. The van der Waals surface area contributed by atoms with E-state index in [2.05, 4.69) is 62.3 Å². The van der Waals surface area contributed by atoms with Crippen LogP contribution >= 0.6 is 46.7 Å². The molecule has 0 spiro atoms. The molecule has 1 saturated heterocycles. The second kappa shape index (κ2) is 11.3. The number of guanidine groups is 1. The van der Waals surface area contributed by atoms with Crippen LogP contribution in [-0.2, 0) is 6.54 Å². The number of nitrogens with zero attached hydrogens (tertiary/aromatic N) is 3. The summed E-state index contributed by atoms with van der Waals surface area (Å²) in [5, 5.41) is 12.4. The van der Waals surface area contributed by atoms with Crippen molar-refractivity contribution in [2.75, 3.05) is 26.7 Å². The Bertz CT molecular complexity index is 693. The zero-order chi connectivity index (χ0) is 18.4. The van der Waals surface area contributed by atoms with E-state index in [0.29, 0.717) is 18.5 Å². The molecule has 1 aliphatic rings. The lowest BCUT2D eigenvalue weighted by molar-refractivity contribution is 0.249. The van der Waals surface area contributed by atoms with Gasteiger partial charge in [0.1, 0.15) is 0 Å². The van der Waals surface area contributed by atoms with Gasteiger partial charge >= 0.3 is 0 Å². The summed E-state index contributed by atoms with van der Waals surface area (Å²) in [6.45, 7) is 8.31. The van der Waals surface area contributed by atoms with E-state index in [0.717, 1.165) is 18.2 Å². The minimum Gasteiger partial charge on any atom is -0.354 e. The zero-order valence-corrected chi connectivity index (χ0v) is 20.2. The molecule has 5 nitrogen and oxygen atoms in total. The minimum absolute atomic E-state index is 0. The van der Waals surface area contributed by atoms with Crippen LogP contribution < -0.4 is 10.6 Å². The highest BCUT2D eigenvalue weighted by molar-refractivity contribution is 14.0. The lowest BCUT2D eigenvalue weighted by Crippen LogP contribution is -2.42. The van der Waals surface area contributed by atoms with E-state index < -0.39 is 0 Å². The summed E-state index contributed by atoms with van der Waals surface area (Å²) < 4.78 is 0. The number of aliphatic imine (C=N–C) groups is 1. The van der Waals surface area contributed by atoms with E-state index in [1.807, 2.05) is 18.4 Å². The summed E-state index contributed by atoms with van der Waals surface area (Å²) >= 11 is 3.58. The minimum atomic E-state index is 0.